The van der Waals surface area contributed by atoms with Crippen LogP contribution in [0.2, 0.25) is 0 Å². The van der Waals surface area contributed by atoms with Crippen molar-refractivity contribution in [3.63, 3.8) is 0 Å². The van der Waals surface area contributed by atoms with Crippen LogP contribution < -0.4 is 5.43 Å². The standard InChI is InChI=1S/C14H15N3/c1-14(2,3)10-7-8-12-13-9(10)5-4-6-11(13)15-17-16-12/h4-8H,1-3H3,(H,15,16). The van der Waals surface area contributed by atoms with E-state index in [2.05, 4.69) is 60.8 Å². The first-order valence-corrected chi connectivity index (χ1v) is 5.80. The molecule has 0 atom stereocenters. The Morgan fingerprint density at radius 3 is 2.65 bits per heavy atom. The van der Waals surface area contributed by atoms with Crippen molar-refractivity contribution in [2.45, 2.75) is 26.2 Å². The number of benzene rings is 2. The molecule has 0 aromatic heterocycles. The first-order chi connectivity index (χ1) is 8.07. The van der Waals surface area contributed by atoms with Crippen molar-refractivity contribution in [2.75, 3.05) is 5.43 Å². The molecule has 2 aromatic carbocycles. The molecule has 2 aromatic rings. The third kappa shape index (κ3) is 1.50. The Labute approximate surface area is 101 Å². The average Bonchev–Trinajstić information content (AvgIpc) is 2.28. The smallest absolute Gasteiger partial charge is 0.0974 e. The van der Waals surface area contributed by atoms with E-state index in [-0.39, 0.29) is 5.41 Å². The minimum Gasteiger partial charge on any atom is -0.259 e. The Bertz CT molecular complexity index is 621. The van der Waals surface area contributed by atoms with Gasteiger partial charge in [0, 0.05) is 5.39 Å². The van der Waals surface area contributed by atoms with Gasteiger partial charge >= 0.3 is 0 Å². The largest absolute Gasteiger partial charge is 0.259 e. The van der Waals surface area contributed by atoms with Crippen LogP contribution in [0.25, 0.3) is 10.8 Å². The Hall–Kier alpha value is -1.90. The van der Waals surface area contributed by atoms with Gasteiger partial charge in [-0.3, -0.25) is 5.43 Å². The fourth-order valence-electron chi connectivity index (χ4n) is 2.35. The van der Waals surface area contributed by atoms with E-state index in [9.17, 15) is 0 Å². The lowest BCUT2D eigenvalue weighted by Gasteiger charge is -2.23. The molecule has 3 rings (SSSR count). The summed E-state index contributed by atoms with van der Waals surface area (Å²) in [5, 5.41) is 10.5. The molecule has 1 aliphatic heterocycles. The summed E-state index contributed by atoms with van der Waals surface area (Å²) in [6, 6.07) is 10.5. The highest BCUT2D eigenvalue weighted by Crippen LogP contribution is 2.40. The van der Waals surface area contributed by atoms with E-state index in [1.807, 2.05) is 6.07 Å². The topological polar surface area (TPSA) is 36.8 Å². The molecule has 0 spiro atoms. The van der Waals surface area contributed by atoms with Crippen LogP contribution in [0, 0.1) is 0 Å². The predicted molar refractivity (Wildman–Crippen MR) is 70.8 cm³/mol. The quantitative estimate of drug-likeness (QED) is 0.701. The van der Waals surface area contributed by atoms with Crippen LogP contribution in [-0.4, -0.2) is 0 Å². The van der Waals surface area contributed by atoms with Gasteiger partial charge in [-0.15, -0.1) is 5.11 Å². The molecule has 0 aliphatic carbocycles. The number of hydrogen-bond acceptors (Lipinski definition) is 3. The minimum absolute atomic E-state index is 0.131. The van der Waals surface area contributed by atoms with Gasteiger partial charge in [0.2, 0.25) is 0 Å². The maximum Gasteiger partial charge on any atom is 0.0974 e. The van der Waals surface area contributed by atoms with Crippen LogP contribution in [-0.2, 0) is 5.41 Å². The van der Waals surface area contributed by atoms with E-state index >= 15 is 0 Å². The molecule has 0 fully saturated rings. The van der Waals surface area contributed by atoms with Crippen molar-refractivity contribution >= 4 is 22.1 Å². The van der Waals surface area contributed by atoms with Crippen molar-refractivity contribution in [2.24, 2.45) is 10.3 Å². The summed E-state index contributed by atoms with van der Waals surface area (Å²) < 4.78 is 0. The molecule has 0 radical (unpaired) electrons. The lowest BCUT2D eigenvalue weighted by Crippen LogP contribution is -2.12. The number of nitrogens with one attached hydrogen (secondary N) is 1. The summed E-state index contributed by atoms with van der Waals surface area (Å²) >= 11 is 0. The second kappa shape index (κ2) is 3.29. The van der Waals surface area contributed by atoms with Gasteiger partial charge in [-0.05, 0) is 28.5 Å². The van der Waals surface area contributed by atoms with E-state index in [1.54, 1.807) is 0 Å². The Morgan fingerprint density at radius 1 is 1.06 bits per heavy atom. The monoisotopic (exact) mass is 225 g/mol. The molecule has 0 bridgehead atoms. The Balaban J connectivity index is 2.44. The fraction of sp³-hybridized carbons (Fsp3) is 0.286. The van der Waals surface area contributed by atoms with Crippen LogP contribution in [0.3, 0.4) is 0 Å². The van der Waals surface area contributed by atoms with Crippen molar-refractivity contribution in [1.82, 2.24) is 0 Å². The Kier molecular flexibility index (Phi) is 1.99. The first-order valence-electron chi connectivity index (χ1n) is 5.80. The molecule has 3 heteroatoms. The zero-order valence-electron chi connectivity index (χ0n) is 10.3. The molecule has 0 amide bonds. The maximum atomic E-state index is 4.15. The van der Waals surface area contributed by atoms with Crippen molar-refractivity contribution in [3.05, 3.63) is 35.9 Å². The van der Waals surface area contributed by atoms with Crippen molar-refractivity contribution in [1.29, 1.82) is 0 Å². The van der Waals surface area contributed by atoms with Gasteiger partial charge in [0.15, 0.2) is 0 Å². The third-order valence-corrected chi connectivity index (χ3v) is 3.15. The summed E-state index contributed by atoms with van der Waals surface area (Å²) in [6.07, 6.45) is 0. The molecular weight excluding hydrogens is 210 g/mol. The van der Waals surface area contributed by atoms with E-state index in [0.29, 0.717) is 0 Å². The number of nitrogens with zero attached hydrogens (tertiary/aromatic N) is 2. The summed E-state index contributed by atoms with van der Waals surface area (Å²) in [5.41, 5.74) is 6.43. The lowest BCUT2D eigenvalue weighted by atomic mass is 9.83. The highest BCUT2D eigenvalue weighted by atomic mass is 15.4. The first kappa shape index (κ1) is 10.3. The van der Waals surface area contributed by atoms with Crippen LogP contribution in [0.1, 0.15) is 26.3 Å². The van der Waals surface area contributed by atoms with Gasteiger partial charge in [0.25, 0.3) is 0 Å². The Morgan fingerprint density at radius 2 is 1.88 bits per heavy atom. The lowest BCUT2D eigenvalue weighted by molar-refractivity contribution is 0.596. The second-order valence-electron chi connectivity index (χ2n) is 5.42. The maximum absolute atomic E-state index is 4.15. The molecule has 0 saturated heterocycles. The van der Waals surface area contributed by atoms with Gasteiger partial charge in [0.1, 0.15) is 0 Å². The SMILES string of the molecule is CC(C)(C)c1ccc2c3c(cccc13)NN=N2. The van der Waals surface area contributed by atoms with E-state index < -0.39 is 0 Å². The number of hydrogen-bond donors (Lipinski definition) is 1. The summed E-state index contributed by atoms with van der Waals surface area (Å²) in [4.78, 5) is 0. The molecule has 0 saturated carbocycles. The second-order valence-corrected chi connectivity index (χ2v) is 5.42. The predicted octanol–water partition coefficient (Wildman–Crippen LogP) is 4.56. The number of rotatable bonds is 0. The summed E-state index contributed by atoms with van der Waals surface area (Å²) in [6.45, 7) is 6.69. The van der Waals surface area contributed by atoms with Gasteiger partial charge in [-0.2, -0.15) is 0 Å². The van der Waals surface area contributed by atoms with Gasteiger partial charge in [-0.1, -0.05) is 44.2 Å². The van der Waals surface area contributed by atoms with Crippen LogP contribution >= 0.6 is 0 Å². The molecule has 17 heavy (non-hydrogen) atoms. The highest BCUT2D eigenvalue weighted by Gasteiger charge is 2.20. The van der Waals surface area contributed by atoms with Crippen LogP contribution in [0.4, 0.5) is 11.4 Å². The fourth-order valence-corrected chi connectivity index (χ4v) is 2.35. The van der Waals surface area contributed by atoms with E-state index in [4.69, 9.17) is 0 Å². The molecule has 1 N–H and O–H groups in total. The van der Waals surface area contributed by atoms with Crippen molar-refractivity contribution < 1.29 is 0 Å². The number of anilines is 1. The molecule has 3 nitrogen and oxygen atoms in total. The van der Waals surface area contributed by atoms with Gasteiger partial charge < -0.3 is 0 Å². The van der Waals surface area contributed by atoms with Gasteiger partial charge in [-0.25, -0.2) is 0 Å². The summed E-state index contributed by atoms with van der Waals surface area (Å²) in [5.74, 6) is 0. The molecule has 86 valence electrons. The third-order valence-electron chi connectivity index (χ3n) is 3.15. The normalized spacial score (nSPS) is 13.8. The van der Waals surface area contributed by atoms with E-state index in [1.165, 1.54) is 16.3 Å². The average molecular weight is 225 g/mol. The highest BCUT2D eigenvalue weighted by molar-refractivity contribution is 6.04. The van der Waals surface area contributed by atoms with Crippen LogP contribution in [0.15, 0.2) is 40.7 Å². The molecular formula is C14H15N3. The molecule has 1 heterocycles. The zero-order chi connectivity index (χ0) is 12.0. The minimum atomic E-state index is 0.131. The summed E-state index contributed by atoms with van der Waals surface area (Å²) in [7, 11) is 0. The molecule has 0 unspecified atom stereocenters. The van der Waals surface area contributed by atoms with Crippen molar-refractivity contribution in [3.8, 4) is 0 Å². The molecule has 1 aliphatic rings. The van der Waals surface area contributed by atoms with Crippen LogP contribution in [0.5, 0.6) is 0 Å². The zero-order valence-corrected chi connectivity index (χ0v) is 10.3. The van der Waals surface area contributed by atoms with E-state index in [0.717, 1.165) is 11.4 Å². The van der Waals surface area contributed by atoms with Gasteiger partial charge in [0.05, 0.1) is 11.4 Å².